The highest BCUT2D eigenvalue weighted by atomic mass is 19.1. The van der Waals surface area contributed by atoms with Crippen molar-refractivity contribution in [3.8, 4) is 0 Å². The molecule has 0 aromatic heterocycles. The van der Waals surface area contributed by atoms with Crippen molar-refractivity contribution in [2.24, 2.45) is 0 Å². The molecule has 15 heavy (non-hydrogen) atoms. The smallest absolute Gasteiger partial charge is 0.254 e. The molecule has 1 aliphatic heterocycles. The first kappa shape index (κ1) is 10.1. The molecule has 0 bridgehead atoms. The summed E-state index contributed by atoms with van der Waals surface area (Å²) < 4.78 is 12.9. The summed E-state index contributed by atoms with van der Waals surface area (Å²) in [5, 5.41) is 0. The molecule has 1 amide bonds. The van der Waals surface area contributed by atoms with Gasteiger partial charge in [-0.1, -0.05) is 19.4 Å². The van der Waals surface area contributed by atoms with Crippen LogP contribution in [-0.4, -0.2) is 17.4 Å². The summed E-state index contributed by atoms with van der Waals surface area (Å²) in [5.74, 6) is -0.364. The quantitative estimate of drug-likeness (QED) is 0.746. The molecule has 3 heteroatoms. The summed E-state index contributed by atoms with van der Waals surface area (Å²) in [6.45, 7) is 3.49. The first-order valence-corrected chi connectivity index (χ1v) is 5.30. The van der Waals surface area contributed by atoms with Gasteiger partial charge in [0.05, 0.1) is 0 Å². The summed E-state index contributed by atoms with van der Waals surface area (Å²) in [6.07, 6.45) is 2.07. The van der Waals surface area contributed by atoms with E-state index in [9.17, 15) is 9.18 Å². The molecule has 0 spiro atoms. The van der Waals surface area contributed by atoms with Crippen LogP contribution in [-0.2, 0) is 6.54 Å². The van der Waals surface area contributed by atoms with Crippen LogP contribution in [0.1, 0.15) is 35.7 Å². The Morgan fingerprint density at radius 1 is 1.47 bits per heavy atom. The van der Waals surface area contributed by atoms with Crippen molar-refractivity contribution in [1.82, 2.24) is 4.90 Å². The van der Waals surface area contributed by atoms with Crippen LogP contribution in [0, 0.1) is 5.82 Å². The predicted molar refractivity (Wildman–Crippen MR) is 56.0 cm³/mol. The molecule has 2 nitrogen and oxygen atoms in total. The summed E-state index contributed by atoms with van der Waals surface area (Å²) in [6, 6.07) is 4.45. The van der Waals surface area contributed by atoms with Crippen molar-refractivity contribution in [1.29, 1.82) is 0 Å². The lowest BCUT2D eigenvalue weighted by atomic mass is 10.1. The summed E-state index contributed by atoms with van der Waals surface area (Å²) in [4.78, 5) is 13.6. The Kier molecular flexibility index (Phi) is 2.71. The first-order valence-electron chi connectivity index (χ1n) is 5.30. The number of hydrogen-bond donors (Lipinski definition) is 0. The second-order valence-electron chi connectivity index (χ2n) is 3.88. The van der Waals surface area contributed by atoms with Crippen LogP contribution in [0.15, 0.2) is 18.2 Å². The van der Waals surface area contributed by atoms with Crippen LogP contribution >= 0.6 is 0 Å². The average Bonchev–Trinajstić information content (AvgIpc) is 2.53. The third-order valence-electron chi connectivity index (χ3n) is 2.73. The largest absolute Gasteiger partial charge is 0.334 e. The Hall–Kier alpha value is -1.38. The van der Waals surface area contributed by atoms with E-state index in [1.54, 1.807) is 11.0 Å². The molecule has 0 radical (unpaired) electrons. The molecule has 0 atom stereocenters. The number of nitrogens with zero attached hydrogens (tertiary/aromatic N) is 1. The van der Waals surface area contributed by atoms with Gasteiger partial charge in [-0.25, -0.2) is 4.39 Å². The van der Waals surface area contributed by atoms with Gasteiger partial charge in [0.25, 0.3) is 5.91 Å². The number of carbonyl (C=O) groups excluding carboxylic acids is 1. The predicted octanol–water partition coefficient (Wildman–Crippen LogP) is 2.58. The Bertz CT molecular complexity index is 389. The molecule has 2 rings (SSSR count). The maximum Gasteiger partial charge on any atom is 0.254 e. The number of carbonyl (C=O) groups is 1. The highest BCUT2D eigenvalue weighted by Crippen LogP contribution is 2.23. The van der Waals surface area contributed by atoms with Crippen LogP contribution in [0.4, 0.5) is 4.39 Å². The highest BCUT2D eigenvalue weighted by Gasteiger charge is 2.26. The Morgan fingerprint density at radius 2 is 2.27 bits per heavy atom. The number of rotatable bonds is 3. The van der Waals surface area contributed by atoms with Gasteiger partial charge in [-0.3, -0.25) is 4.79 Å². The number of halogens is 1. The van der Waals surface area contributed by atoms with Gasteiger partial charge in [0.2, 0.25) is 0 Å². The van der Waals surface area contributed by atoms with Crippen molar-refractivity contribution in [2.45, 2.75) is 26.3 Å². The molecular weight excluding hydrogens is 193 g/mol. The van der Waals surface area contributed by atoms with Crippen LogP contribution in [0.3, 0.4) is 0 Å². The number of unbranched alkanes of at least 4 members (excludes halogenated alkanes) is 1. The van der Waals surface area contributed by atoms with Crippen molar-refractivity contribution in [3.63, 3.8) is 0 Å². The van der Waals surface area contributed by atoms with Gasteiger partial charge in [0.1, 0.15) is 5.82 Å². The standard InChI is InChI=1S/C12H14FNO/c1-2-3-6-14-8-9-4-5-10(13)7-11(9)12(14)15/h4-5,7H,2-3,6,8H2,1H3. The zero-order valence-electron chi connectivity index (χ0n) is 8.79. The van der Waals surface area contributed by atoms with Gasteiger partial charge in [0, 0.05) is 18.7 Å². The third kappa shape index (κ3) is 1.87. The van der Waals surface area contributed by atoms with Crippen molar-refractivity contribution in [3.05, 3.63) is 35.1 Å². The fraction of sp³-hybridized carbons (Fsp3) is 0.417. The topological polar surface area (TPSA) is 20.3 Å². The van der Waals surface area contributed by atoms with Crippen LogP contribution in [0.25, 0.3) is 0 Å². The Balaban J connectivity index is 2.18. The van der Waals surface area contributed by atoms with Crippen molar-refractivity contribution < 1.29 is 9.18 Å². The first-order chi connectivity index (χ1) is 7.22. The number of amides is 1. The second kappa shape index (κ2) is 4.01. The van der Waals surface area contributed by atoms with E-state index in [4.69, 9.17) is 0 Å². The number of hydrogen-bond acceptors (Lipinski definition) is 1. The minimum absolute atomic E-state index is 0.0297. The molecule has 1 aromatic carbocycles. The SMILES string of the molecule is CCCCN1Cc2ccc(F)cc2C1=O. The van der Waals surface area contributed by atoms with E-state index in [-0.39, 0.29) is 11.7 Å². The molecule has 0 unspecified atom stereocenters. The molecule has 0 saturated carbocycles. The fourth-order valence-corrected chi connectivity index (χ4v) is 1.86. The molecule has 1 aromatic rings. The summed E-state index contributed by atoms with van der Waals surface area (Å²) in [5.41, 5.74) is 1.48. The Labute approximate surface area is 88.7 Å². The zero-order chi connectivity index (χ0) is 10.8. The van der Waals surface area contributed by atoms with Crippen molar-refractivity contribution in [2.75, 3.05) is 6.54 Å². The highest BCUT2D eigenvalue weighted by molar-refractivity contribution is 5.98. The molecule has 0 aliphatic carbocycles. The van der Waals surface area contributed by atoms with Gasteiger partial charge in [-0.2, -0.15) is 0 Å². The van der Waals surface area contributed by atoms with Gasteiger partial charge in [-0.15, -0.1) is 0 Å². The molecule has 1 heterocycles. The second-order valence-corrected chi connectivity index (χ2v) is 3.88. The maximum atomic E-state index is 12.9. The summed E-state index contributed by atoms with van der Waals surface area (Å²) >= 11 is 0. The van der Waals surface area contributed by atoms with E-state index in [2.05, 4.69) is 6.92 Å². The van der Waals surface area contributed by atoms with Gasteiger partial charge < -0.3 is 4.90 Å². The molecule has 0 fully saturated rings. The zero-order valence-corrected chi connectivity index (χ0v) is 8.79. The molecule has 0 saturated heterocycles. The van der Waals surface area contributed by atoms with E-state index >= 15 is 0 Å². The minimum atomic E-state index is -0.334. The van der Waals surface area contributed by atoms with E-state index in [0.29, 0.717) is 12.1 Å². The molecule has 1 aliphatic rings. The van der Waals surface area contributed by atoms with Gasteiger partial charge >= 0.3 is 0 Å². The maximum absolute atomic E-state index is 12.9. The van der Waals surface area contributed by atoms with E-state index in [1.807, 2.05) is 0 Å². The molecule has 0 N–H and O–H groups in total. The number of fused-ring (bicyclic) bond motifs is 1. The Morgan fingerprint density at radius 3 is 3.00 bits per heavy atom. The molecular formula is C12H14FNO. The third-order valence-corrected chi connectivity index (χ3v) is 2.73. The van der Waals surface area contributed by atoms with E-state index in [1.165, 1.54) is 12.1 Å². The van der Waals surface area contributed by atoms with Crippen molar-refractivity contribution >= 4 is 5.91 Å². The van der Waals surface area contributed by atoms with Crippen LogP contribution in [0.2, 0.25) is 0 Å². The van der Waals surface area contributed by atoms with Crippen LogP contribution < -0.4 is 0 Å². The average molecular weight is 207 g/mol. The number of benzene rings is 1. The van der Waals surface area contributed by atoms with Crippen LogP contribution in [0.5, 0.6) is 0 Å². The van der Waals surface area contributed by atoms with E-state index < -0.39 is 0 Å². The lowest BCUT2D eigenvalue weighted by Gasteiger charge is -2.14. The monoisotopic (exact) mass is 207 g/mol. The summed E-state index contributed by atoms with van der Waals surface area (Å²) in [7, 11) is 0. The minimum Gasteiger partial charge on any atom is -0.334 e. The fourth-order valence-electron chi connectivity index (χ4n) is 1.86. The lowest BCUT2D eigenvalue weighted by molar-refractivity contribution is 0.0776. The lowest BCUT2D eigenvalue weighted by Crippen LogP contribution is -2.24. The van der Waals surface area contributed by atoms with Gasteiger partial charge in [-0.05, 0) is 24.1 Å². The van der Waals surface area contributed by atoms with E-state index in [0.717, 1.165) is 24.9 Å². The molecule has 80 valence electrons. The normalized spacial score (nSPS) is 14.5. The van der Waals surface area contributed by atoms with Gasteiger partial charge in [0.15, 0.2) is 0 Å².